The molecule has 0 N–H and O–H groups in total. The summed E-state index contributed by atoms with van der Waals surface area (Å²) in [5, 5.41) is 1.36. The maximum Gasteiger partial charge on any atom is 0.0704 e. The van der Waals surface area contributed by atoms with Gasteiger partial charge in [0.1, 0.15) is 0 Å². The van der Waals surface area contributed by atoms with Gasteiger partial charge in [-0.15, -0.1) is 0 Å². The van der Waals surface area contributed by atoms with Gasteiger partial charge in [0.25, 0.3) is 0 Å². The van der Waals surface area contributed by atoms with E-state index >= 15 is 0 Å². The topological polar surface area (TPSA) is 12.9 Å². The lowest BCUT2D eigenvalue weighted by molar-refractivity contribution is 0.766. The van der Waals surface area contributed by atoms with Crippen LogP contribution >= 0.6 is 0 Å². The van der Waals surface area contributed by atoms with Crippen LogP contribution in [-0.2, 0) is 6.42 Å². The summed E-state index contributed by atoms with van der Waals surface area (Å²) in [5.74, 6) is 1.74. The van der Waals surface area contributed by atoms with E-state index in [1.165, 1.54) is 29.4 Å². The van der Waals surface area contributed by atoms with Gasteiger partial charge in [-0.2, -0.15) is 0 Å². The number of hydrogen-bond acceptors (Lipinski definition) is 1. The van der Waals surface area contributed by atoms with Crippen LogP contribution in [-0.4, -0.2) is 4.98 Å². The van der Waals surface area contributed by atoms with Crippen LogP contribution < -0.4 is 0 Å². The van der Waals surface area contributed by atoms with E-state index in [2.05, 4.69) is 43.1 Å². The molecule has 1 saturated carbocycles. The molecule has 1 heteroatoms. The van der Waals surface area contributed by atoms with E-state index < -0.39 is 0 Å². The molecule has 1 fully saturated rings. The fraction of sp³-hybridized carbons (Fsp3) is 0.500. The second kappa shape index (κ2) is 6.18. The highest BCUT2D eigenvalue weighted by Gasteiger charge is 2.36. The van der Waals surface area contributed by atoms with Gasteiger partial charge >= 0.3 is 0 Å². The van der Waals surface area contributed by atoms with Gasteiger partial charge in [0.05, 0.1) is 5.52 Å². The number of benzene rings is 1. The first-order valence-electron chi connectivity index (χ1n) is 7.71. The van der Waals surface area contributed by atoms with Gasteiger partial charge in [-0.05, 0) is 54.0 Å². The molecule has 2 aromatic rings. The Hall–Kier alpha value is -1.37. The minimum Gasteiger partial charge on any atom is -0.256 e. The van der Waals surface area contributed by atoms with Crippen molar-refractivity contribution in [3.8, 4) is 0 Å². The highest BCUT2D eigenvalue weighted by Crippen LogP contribution is 2.49. The Morgan fingerprint density at radius 3 is 2.58 bits per heavy atom. The van der Waals surface area contributed by atoms with Gasteiger partial charge < -0.3 is 0 Å². The minimum atomic E-state index is 0.814. The van der Waals surface area contributed by atoms with Crippen molar-refractivity contribution in [1.29, 1.82) is 0 Å². The lowest BCUT2D eigenvalue weighted by atomic mass is 10.0. The Labute approximate surface area is 117 Å². The average Bonchev–Trinajstić information content (AvgIpc) is 3.28. The molecule has 0 aliphatic heterocycles. The van der Waals surface area contributed by atoms with Gasteiger partial charge in [0.2, 0.25) is 0 Å². The first-order chi connectivity index (χ1) is 9.33. The van der Waals surface area contributed by atoms with E-state index in [0.29, 0.717) is 0 Å². The van der Waals surface area contributed by atoms with Crippen LogP contribution in [0, 0.1) is 5.92 Å². The van der Waals surface area contributed by atoms with Gasteiger partial charge in [-0.1, -0.05) is 40.2 Å². The highest BCUT2D eigenvalue weighted by molar-refractivity contribution is 5.83. The summed E-state index contributed by atoms with van der Waals surface area (Å²) in [6.45, 7) is 8.51. The number of fused-ring (bicyclic) bond motifs is 1. The summed E-state index contributed by atoms with van der Waals surface area (Å²) in [7, 11) is 0. The van der Waals surface area contributed by atoms with Crippen molar-refractivity contribution < 1.29 is 0 Å². The van der Waals surface area contributed by atoms with Crippen molar-refractivity contribution in [3.63, 3.8) is 0 Å². The first kappa shape index (κ1) is 14.0. The summed E-state index contributed by atoms with van der Waals surface area (Å²) >= 11 is 0. The van der Waals surface area contributed by atoms with E-state index in [1.54, 1.807) is 0 Å². The number of nitrogens with zero attached hydrogens (tertiary/aromatic N) is 1. The molecular formula is C18H25N. The van der Waals surface area contributed by atoms with Crippen LogP contribution in [0.15, 0.2) is 30.5 Å². The number of aromatic nitrogens is 1. The predicted molar refractivity (Wildman–Crippen MR) is 83.6 cm³/mol. The molecule has 1 aromatic carbocycles. The second-order valence-corrected chi connectivity index (χ2v) is 5.11. The third-order valence-electron chi connectivity index (χ3n) is 4.11. The van der Waals surface area contributed by atoms with Crippen molar-refractivity contribution in [3.05, 3.63) is 41.6 Å². The molecule has 102 valence electrons. The fourth-order valence-corrected chi connectivity index (χ4v) is 2.87. The number of aryl methyl sites for hydroxylation is 1. The van der Waals surface area contributed by atoms with Crippen LogP contribution in [0.3, 0.4) is 0 Å². The second-order valence-electron chi connectivity index (χ2n) is 5.11. The molecule has 1 aromatic heterocycles. The third kappa shape index (κ3) is 2.80. The van der Waals surface area contributed by atoms with Crippen LogP contribution in [0.5, 0.6) is 0 Å². The van der Waals surface area contributed by atoms with Crippen LogP contribution in [0.2, 0.25) is 0 Å². The Bertz CT molecular complexity index is 544. The monoisotopic (exact) mass is 255 g/mol. The molecule has 0 amide bonds. The predicted octanol–water partition coefficient (Wildman–Crippen LogP) is 5.34. The summed E-state index contributed by atoms with van der Waals surface area (Å²) in [4.78, 5) is 4.45. The van der Waals surface area contributed by atoms with Gasteiger partial charge in [-0.25, -0.2) is 0 Å². The normalized spacial score (nSPS) is 20.8. The van der Waals surface area contributed by atoms with Crippen LogP contribution in [0.1, 0.15) is 57.6 Å². The molecule has 2 atom stereocenters. The average molecular weight is 255 g/mol. The molecule has 19 heavy (non-hydrogen) atoms. The van der Waals surface area contributed by atoms with Gasteiger partial charge in [0, 0.05) is 11.6 Å². The largest absolute Gasteiger partial charge is 0.256 e. The van der Waals surface area contributed by atoms with Crippen LogP contribution in [0.25, 0.3) is 10.9 Å². The van der Waals surface area contributed by atoms with E-state index in [4.69, 9.17) is 0 Å². The highest BCUT2D eigenvalue weighted by atomic mass is 14.6. The Morgan fingerprint density at radius 2 is 1.95 bits per heavy atom. The minimum absolute atomic E-state index is 0.814. The zero-order valence-electron chi connectivity index (χ0n) is 12.6. The third-order valence-corrected chi connectivity index (χ3v) is 4.11. The molecule has 0 bridgehead atoms. The number of pyridine rings is 1. The SMILES string of the molecule is CC.CCc1ccnc2ccc(C3CC3CC)cc12. The van der Waals surface area contributed by atoms with Gasteiger partial charge in [0.15, 0.2) is 0 Å². The quantitative estimate of drug-likeness (QED) is 0.721. The summed E-state index contributed by atoms with van der Waals surface area (Å²) in [6, 6.07) is 8.99. The Morgan fingerprint density at radius 1 is 1.16 bits per heavy atom. The molecule has 2 unspecified atom stereocenters. The molecule has 1 aliphatic rings. The van der Waals surface area contributed by atoms with Crippen LogP contribution in [0.4, 0.5) is 0 Å². The Balaban J connectivity index is 0.000000637. The molecule has 1 aliphatic carbocycles. The first-order valence-corrected chi connectivity index (χ1v) is 7.71. The zero-order chi connectivity index (χ0) is 13.8. The molecule has 0 spiro atoms. The fourth-order valence-electron chi connectivity index (χ4n) is 2.87. The standard InChI is InChI=1S/C16H19N.C2H6/c1-3-11-7-8-17-16-6-5-13(10-15(11)16)14-9-12(14)4-2;1-2/h5-8,10,12,14H,3-4,9H2,1-2H3;1-2H3. The van der Waals surface area contributed by atoms with Crippen molar-refractivity contribution in [2.24, 2.45) is 5.92 Å². The van der Waals surface area contributed by atoms with E-state index in [0.717, 1.165) is 23.8 Å². The Kier molecular flexibility index (Phi) is 4.57. The smallest absolute Gasteiger partial charge is 0.0704 e. The summed E-state index contributed by atoms with van der Waals surface area (Å²) in [5.41, 5.74) is 4.08. The van der Waals surface area contributed by atoms with Gasteiger partial charge in [-0.3, -0.25) is 4.98 Å². The molecule has 0 radical (unpaired) electrons. The summed E-state index contributed by atoms with van der Waals surface area (Å²) < 4.78 is 0. The van der Waals surface area contributed by atoms with E-state index in [-0.39, 0.29) is 0 Å². The molecule has 0 saturated heterocycles. The maximum absolute atomic E-state index is 4.45. The van der Waals surface area contributed by atoms with E-state index in [9.17, 15) is 0 Å². The molecular weight excluding hydrogens is 230 g/mol. The van der Waals surface area contributed by atoms with E-state index in [1.807, 2.05) is 20.0 Å². The lowest BCUT2D eigenvalue weighted by Gasteiger charge is -2.06. The van der Waals surface area contributed by atoms with Crippen molar-refractivity contribution in [1.82, 2.24) is 4.98 Å². The van der Waals surface area contributed by atoms with Crippen molar-refractivity contribution in [2.75, 3.05) is 0 Å². The molecule has 1 nitrogen and oxygen atoms in total. The lowest BCUT2D eigenvalue weighted by Crippen LogP contribution is -1.89. The molecule has 1 heterocycles. The summed E-state index contributed by atoms with van der Waals surface area (Å²) in [6.07, 6.45) is 5.71. The molecule has 3 rings (SSSR count). The number of rotatable bonds is 3. The van der Waals surface area contributed by atoms with Crippen molar-refractivity contribution >= 4 is 10.9 Å². The van der Waals surface area contributed by atoms with Crippen molar-refractivity contribution in [2.45, 2.75) is 52.9 Å². The zero-order valence-corrected chi connectivity index (χ0v) is 12.6. The number of hydrogen-bond donors (Lipinski definition) is 0. The maximum atomic E-state index is 4.45.